The highest BCUT2D eigenvalue weighted by atomic mass is 19.1. The van der Waals surface area contributed by atoms with Gasteiger partial charge >= 0.3 is 0 Å². The topological polar surface area (TPSA) is 44.1 Å². The van der Waals surface area contributed by atoms with Crippen LogP contribution in [0.4, 0.5) is 8.78 Å². The fraction of sp³-hybridized carbons (Fsp3) is 0.0476. The molecule has 2 aromatic heterocycles. The molecule has 4 aromatic rings. The third-order valence-corrected chi connectivity index (χ3v) is 4.60. The van der Waals surface area contributed by atoms with Crippen molar-refractivity contribution >= 4 is 16.8 Å². The van der Waals surface area contributed by atoms with Gasteiger partial charge < -0.3 is 4.74 Å². The van der Waals surface area contributed by atoms with Gasteiger partial charge in [-0.1, -0.05) is 12.1 Å². The lowest BCUT2D eigenvalue weighted by Gasteiger charge is -2.13. The van der Waals surface area contributed by atoms with E-state index in [1.54, 1.807) is 36.5 Å². The van der Waals surface area contributed by atoms with E-state index in [1.165, 1.54) is 28.8 Å². The van der Waals surface area contributed by atoms with Crippen molar-refractivity contribution < 1.29 is 18.3 Å². The maximum atomic E-state index is 13.7. The van der Waals surface area contributed by atoms with Crippen molar-refractivity contribution in [1.29, 1.82) is 0 Å². The molecular weight excluding hydrogens is 350 g/mol. The molecule has 27 heavy (non-hydrogen) atoms. The number of rotatable bonds is 3. The molecule has 0 aliphatic carbocycles. The number of hydrogen-bond acceptors (Lipinski definition) is 3. The van der Waals surface area contributed by atoms with Crippen molar-refractivity contribution in [3.05, 3.63) is 83.6 Å². The molecule has 0 saturated carbocycles. The van der Waals surface area contributed by atoms with E-state index in [9.17, 15) is 13.6 Å². The Bertz CT molecular complexity index is 1230. The quantitative estimate of drug-likeness (QED) is 0.472. The summed E-state index contributed by atoms with van der Waals surface area (Å²) in [5.41, 5.74) is 2.45. The van der Waals surface area contributed by atoms with Crippen molar-refractivity contribution in [2.24, 2.45) is 0 Å². The normalized spacial score (nSPS) is 12.3. The van der Waals surface area contributed by atoms with Crippen LogP contribution in [-0.4, -0.2) is 15.5 Å². The largest absolute Gasteiger partial charge is 0.487 e. The van der Waals surface area contributed by atoms with Crippen LogP contribution in [0.1, 0.15) is 15.9 Å². The van der Waals surface area contributed by atoms with E-state index in [4.69, 9.17) is 4.74 Å². The first-order valence-electron chi connectivity index (χ1n) is 8.35. The number of fused-ring (bicyclic) bond motifs is 4. The van der Waals surface area contributed by atoms with Crippen LogP contribution in [0.15, 0.2) is 60.8 Å². The molecule has 2 aromatic carbocycles. The summed E-state index contributed by atoms with van der Waals surface area (Å²) in [7, 11) is 0. The number of ether oxygens (including phenoxy) is 1. The first-order chi connectivity index (χ1) is 13.1. The molecule has 0 fully saturated rings. The third-order valence-electron chi connectivity index (χ3n) is 4.60. The minimum absolute atomic E-state index is 0.0723. The molecule has 3 heterocycles. The van der Waals surface area contributed by atoms with E-state index >= 15 is 0 Å². The molecule has 0 radical (unpaired) electrons. The van der Waals surface area contributed by atoms with Gasteiger partial charge in [0.2, 0.25) is 0 Å². The Balaban J connectivity index is 1.69. The second kappa shape index (κ2) is 5.74. The van der Waals surface area contributed by atoms with Gasteiger partial charge in [-0.2, -0.15) is 0 Å². The number of carbonyl (C=O) groups excluding carboxylic acids is 1. The summed E-state index contributed by atoms with van der Waals surface area (Å²) in [6.45, 7) is 0.0723. The molecule has 0 atom stereocenters. The molecule has 0 saturated heterocycles. The van der Waals surface area contributed by atoms with Gasteiger partial charge in [0.05, 0.1) is 11.2 Å². The Labute approximate surface area is 152 Å². The maximum Gasteiger partial charge on any atom is 0.268 e. The van der Waals surface area contributed by atoms with E-state index in [-0.39, 0.29) is 18.3 Å². The fourth-order valence-corrected chi connectivity index (χ4v) is 3.40. The van der Waals surface area contributed by atoms with Gasteiger partial charge in [0.1, 0.15) is 35.2 Å². The number of nitrogens with zero attached hydrogens (tertiary/aromatic N) is 2. The number of benzene rings is 2. The first-order valence-corrected chi connectivity index (χ1v) is 8.35. The van der Waals surface area contributed by atoms with Gasteiger partial charge in [0.25, 0.3) is 5.91 Å². The van der Waals surface area contributed by atoms with Gasteiger partial charge in [-0.3, -0.25) is 9.36 Å². The lowest BCUT2D eigenvalue weighted by Crippen LogP contribution is -2.08. The van der Waals surface area contributed by atoms with Crippen molar-refractivity contribution in [3.8, 4) is 17.1 Å². The second-order valence-electron chi connectivity index (χ2n) is 6.31. The van der Waals surface area contributed by atoms with E-state index in [1.807, 2.05) is 0 Å². The molecule has 0 amide bonds. The highest BCUT2D eigenvalue weighted by Crippen LogP contribution is 2.41. The van der Waals surface area contributed by atoms with Crippen molar-refractivity contribution in [1.82, 2.24) is 9.55 Å². The number of hydrogen-bond donors (Lipinski definition) is 0. The van der Waals surface area contributed by atoms with Crippen LogP contribution in [0, 0.1) is 11.6 Å². The molecule has 5 rings (SSSR count). The minimum atomic E-state index is -0.425. The summed E-state index contributed by atoms with van der Waals surface area (Å²) in [4.78, 5) is 17.3. The summed E-state index contributed by atoms with van der Waals surface area (Å²) in [6.07, 6.45) is 1.65. The zero-order valence-corrected chi connectivity index (χ0v) is 13.9. The molecule has 0 N–H and O–H groups in total. The number of halogens is 2. The Kier molecular flexibility index (Phi) is 3.33. The minimum Gasteiger partial charge on any atom is -0.487 e. The third kappa shape index (κ3) is 2.41. The van der Waals surface area contributed by atoms with E-state index in [0.717, 1.165) is 0 Å². The fourth-order valence-electron chi connectivity index (χ4n) is 3.40. The van der Waals surface area contributed by atoms with E-state index in [0.29, 0.717) is 39.2 Å². The van der Waals surface area contributed by atoms with Crippen LogP contribution < -0.4 is 4.74 Å². The number of aromatic nitrogens is 2. The summed E-state index contributed by atoms with van der Waals surface area (Å²) in [5, 5.41) is 0.533. The molecule has 132 valence electrons. The average molecular weight is 362 g/mol. The Morgan fingerprint density at radius 1 is 1.00 bits per heavy atom. The van der Waals surface area contributed by atoms with E-state index in [2.05, 4.69) is 4.98 Å². The predicted molar refractivity (Wildman–Crippen MR) is 95.6 cm³/mol. The first kappa shape index (κ1) is 15.7. The molecule has 0 unspecified atom stereocenters. The average Bonchev–Trinajstić information content (AvgIpc) is 3.22. The van der Waals surface area contributed by atoms with Gasteiger partial charge in [-0.15, -0.1) is 0 Å². The molecule has 4 nitrogen and oxygen atoms in total. The van der Waals surface area contributed by atoms with Gasteiger partial charge in [0, 0.05) is 17.6 Å². The summed E-state index contributed by atoms with van der Waals surface area (Å²) >= 11 is 0. The molecule has 0 bridgehead atoms. The number of carbonyl (C=O) groups is 1. The summed E-state index contributed by atoms with van der Waals surface area (Å²) < 4.78 is 34.6. The Morgan fingerprint density at radius 2 is 1.85 bits per heavy atom. The molecule has 1 aliphatic rings. The second-order valence-corrected chi connectivity index (χ2v) is 6.31. The molecule has 1 aliphatic heterocycles. The monoisotopic (exact) mass is 362 g/mol. The SMILES string of the molecule is O=C1c2c(nc3cc(F)ccc3c2OCc2cccc(F)c2)-c2cccn21. The van der Waals surface area contributed by atoms with E-state index < -0.39 is 5.82 Å². The number of pyridine rings is 1. The molecule has 0 spiro atoms. The van der Waals surface area contributed by atoms with Crippen LogP contribution in [0.3, 0.4) is 0 Å². The van der Waals surface area contributed by atoms with Gasteiger partial charge in [-0.05, 0) is 42.0 Å². The van der Waals surface area contributed by atoms with Crippen molar-refractivity contribution in [2.75, 3.05) is 0 Å². The van der Waals surface area contributed by atoms with Crippen LogP contribution in [0.2, 0.25) is 0 Å². The Hall–Kier alpha value is -3.54. The summed E-state index contributed by atoms with van der Waals surface area (Å²) in [5.74, 6) is -0.716. The zero-order valence-electron chi connectivity index (χ0n) is 13.9. The maximum absolute atomic E-state index is 13.7. The lowest BCUT2D eigenvalue weighted by atomic mass is 10.1. The molecular formula is C21H12F2N2O2. The van der Waals surface area contributed by atoms with Gasteiger partial charge in [-0.25, -0.2) is 13.8 Å². The lowest BCUT2D eigenvalue weighted by molar-refractivity contribution is 0.0965. The predicted octanol–water partition coefficient (Wildman–Crippen LogP) is 4.56. The van der Waals surface area contributed by atoms with Crippen LogP contribution in [-0.2, 0) is 6.61 Å². The zero-order chi connectivity index (χ0) is 18.5. The van der Waals surface area contributed by atoms with Crippen molar-refractivity contribution in [3.63, 3.8) is 0 Å². The molecule has 6 heteroatoms. The van der Waals surface area contributed by atoms with Crippen LogP contribution in [0.5, 0.6) is 5.75 Å². The summed E-state index contributed by atoms with van der Waals surface area (Å²) in [6, 6.07) is 13.7. The standard InChI is InChI=1S/C21H12F2N2O2/c22-13-4-1-3-12(9-13)11-27-20-15-7-6-14(23)10-16(15)24-19-17-5-2-8-25(17)21(26)18(19)20/h1-10H,11H2. The smallest absolute Gasteiger partial charge is 0.268 e. The van der Waals surface area contributed by atoms with Gasteiger partial charge in [0.15, 0.2) is 0 Å². The van der Waals surface area contributed by atoms with Crippen LogP contribution >= 0.6 is 0 Å². The highest BCUT2D eigenvalue weighted by Gasteiger charge is 2.32. The highest BCUT2D eigenvalue weighted by molar-refractivity contribution is 6.13. The Morgan fingerprint density at radius 3 is 2.70 bits per heavy atom. The van der Waals surface area contributed by atoms with Crippen molar-refractivity contribution in [2.45, 2.75) is 6.61 Å². The van der Waals surface area contributed by atoms with Crippen LogP contribution in [0.25, 0.3) is 22.3 Å².